The van der Waals surface area contributed by atoms with E-state index in [2.05, 4.69) is 10.3 Å². The molecular weight excluding hydrogens is 288 g/mol. The molecule has 1 heterocycles. The minimum absolute atomic E-state index is 0.274. The van der Waals surface area contributed by atoms with Crippen LogP contribution in [0.2, 0.25) is 0 Å². The summed E-state index contributed by atoms with van der Waals surface area (Å²) >= 11 is 0. The number of aromatic nitrogens is 1. The Bertz CT molecular complexity index is 789. The molecule has 2 aromatic carbocycles. The van der Waals surface area contributed by atoms with E-state index < -0.39 is 6.10 Å². The zero-order valence-corrected chi connectivity index (χ0v) is 12.4. The number of pyridine rings is 1. The van der Waals surface area contributed by atoms with Crippen LogP contribution < -0.4 is 5.32 Å². The second-order valence-corrected chi connectivity index (χ2v) is 5.10. The highest BCUT2D eigenvalue weighted by atomic mass is 16.3. The van der Waals surface area contributed by atoms with E-state index in [1.54, 1.807) is 12.3 Å². The van der Waals surface area contributed by atoms with Crippen molar-refractivity contribution in [3.8, 4) is 0 Å². The molecule has 0 aliphatic rings. The third-order valence-corrected chi connectivity index (χ3v) is 3.54. The lowest BCUT2D eigenvalue weighted by molar-refractivity contribution is 0.102. The maximum Gasteiger partial charge on any atom is 0.256 e. The predicted octanol–water partition coefficient (Wildman–Crippen LogP) is 3.42. The molecular formula is C19H16N2O2. The number of nitrogens with zero attached hydrogens (tertiary/aromatic N) is 1. The number of amides is 1. The molecule has 114 valence electrons. The van der Waals surface area contributed by atoms with Crippen molar-refractivity contribution in [2.75, 3.05) is 5.32 Å². The molecule has 1 atom stereocenters. The molecule has 2 N–H and O–H groups in total. The number of hydrogen-bond acceptors (Lipinski definition) is 3. The minimum atomic E-state index is -0.901. The van der Waals surface area contributed by atoms with Crippen molar-refractivity contribution >= 4 is 11.6 Å². The maximum atomic E-state index is 12.5. The smallest absolute Gasteiger partial charge is 0.256 e. The summed E-state index contributed by atoms with van der Waals surface area (Å²) in [4.78, 5) is 16.6. The van der Waals surface area contributed by atoms with E-state index in [9.17, 15) is 9.90 Å². The van der Waals surface area contributed by atoms with Gasteiger partial charge in [-0.25, -0.2) is 0 Å². The molecule has 3 aromatic rings. The fourth-order valence-corrected chi connectivity index (χ4v) is 2.37. The van der Waals surface area contributed by atoms with Crippen molar-refractivity contribution in [3.63, 3.8) is 0 Å². The summed E-state index contributed by atoms with van der Waals surface area (Å²) in [6, 6.07) is 20.0. The number of carbonyl (C=O) groups excluding carboxylic acids is 1. The van der Waals surface area contributed by atoms with Crippen molar-refractivity contribution < 1.29 is 9.90 Å². The van der Waals surface area contributed by atoms with E-state index in [0.29, 0.717) is 22.4 Å². The SMILES string of the molecule is O=C(Nc1ccccc1)c1ccncc1C(O)c1ccccc1. The van der Waals surface area contributed by atoms with Crippen LogP contribution in [0.4, 0.5) is 5.69 Å². The second kappa shape index (κ2) is 6.85. The van der Waals surface area contributed by atoms with Gasteiger partial charge in [0, 0.05) is 29.2 Å². The molecule has 0 aliphatic carbocycles. The fraction of sp³-hybridized carbons (Fsp3) is 0.0526. The molecule has 0 spiro atoms. The van der Waals surface area contributed by atoms with Crippen molar-refractivity contribution in [3.05, 3.63) is 95.8 Å². The lowest BCUT2D eigenvalue weighted by atomic mass is 9.98. The number of aliphatic hydroxyl groups excluding tert-OH is 1. The third-order valence-electron chi connectivity index (χ3n) is 3.54. The van der Waals surface area contributed by atoms with Gasteiger partial charge in [-0.3, -0.25) is 9.78 Å². The van der Waals surface area contributed by atoms with Gasteiger partial charge < -0.3 is 10.4 Å². The van der Waals surface area contributed by atoms with Crippen LogP contribution in [0.5, 0.6) is 0 Å². The highest BCUT2D eigenvalue weighted by Crippen LogP contribution is 2.24. The number of aliphatic hydroxyl groups is 1. The Morgan fingerprint density at radius 3 is 2.30 bits per heavy atom. The van der Waals surface area contributed by atoms with Gasteiger partial charge in [-0.15, -0.1) is 0 Å². The quantitative estimate of drug-likeness (QED) is 0.776. The molecule has 0 fully saturated rings. The van der Waals surface area contributed by atoms with Gasteiger partial charge in [0.15, 0.2) is 0 Å². The Labute approximate surface area is 134 Å². The molecule has 1 unspecified atom stereocenters. The topological polar surface area (TPSA) is 62.2 Å². The molecule has 0 saturated carbocycles. The highest BCUT2D eigenvalue weighted by Gasteiger charge is 2.19. The lowest BCUT2D eigenvalue weighted by Crippen LogP contribution is -2.16. The molecule has 1 aromatic heterocycles. The number of hydrogen-bond donors (Lipinski definition) is 2. The molecule has 0 aliphatic heterocycles. The second-order valence-electron chi connectivity index (χ2n) is 5.10. The first-order valence-electron chi connectivity index (χ1n) is 7.29. The molecule has 4 nitrogen and oxygen atoms in total. The standard InChI is InChI=1S/C19H16N2O2/c22-18(14-7-3-1-4-8-14)17-13-20-12-11-16(17)19(23)21-15-9-5-2-6-10-15/h1-13,18,22H,(H,21,23). The summed E-state index contributed by atoms with van der Waals surface area (Å²) in [5.74, 6) is -0.274. The molecule has 3 rings (SSSR count). The molecule has 23 heavy (non-hydrogen) atoms. The summed E-state index contributed by atoms with van der Waals surface area (Å²) in [6.07, 6.45) is 2.17. The Morgan fingerprint density at radius 1 is 0.957 bits per heavy atom. The normalized spacial score (nSPS) is 11.7. The van der Waals surface area contributed by atoms with Crippen LogP contribution in [0.3, 0.4) is 0 Å². The van der Waals surface area contributed by atoms with Crippen molar-refractivity contribution in [1.82, 2.24) is 4.98 Å². The number of para-hydroxylation sites is 1. The number of nitrogens with one attached hydrogen (secondary N) is 1. The average Bonchev–Trinajstić information content (AvgIpc) is 2.62. The zero-order valence-electron chi connectivity index (χ0n) is 12.4. The van der Waals surface area contributed by atoms with Gasteiger partial charge in [0.1, 0.15) is 6.10 Å². The van der Waals surface area contributed by atoms with E-state index in [1.807, 2.05) is 60.7 Å². The highest BCUT2D eigenvalue weighted by molar-refractivity contribution is 6.05. The third kappa shape index (κ3) is 3.44. The summed E-state index contributed by atoms with van der Waals surface area (Å²) in [5.41, 5.74) is 2.30. The van der Waals surface area contributed by atoms with Gasteiger partial charge in [0.05, 0.1) is 0 Å². The summed E-state index contributed by atoms with van der Waals surface area (Å²) in [6.45, 7) is 0. The Morgan fingerprint density at radius 2 is 1.61 bits per heavy atom. The van der Waals surface area contributed by atoms with E-state index in [0.717, 1.165) is 0 Å². The van der Waals surface area contributed by atoms with Gasteiger partial charge in [0.25, 0.3) is 5.91 Å². The van der Waals surface area contributed by atoms with Gasteiger partial charge in [-0.2, -0.15) is 0 Å². The maximum absolute atomic E-state index is 12.5. The van der Waals surface area contributed by atoms with Crippen LogP contribution in [-0.2, 0) is 0 Å². The van der Waals surface area contributed by atoms with Crippen molar-refractivity contribution in [1.29, 1.82) is 0 Å². The Kier molecular flexibility index (Phi) is 4.45. The number of anilines is 1. The molecule has 0 radical (unpaired) electrons. The fourth-order valence-electron chi connectivity index (χ4n) is 2.37. The van der Waals surface area contributed by atoms with Crippen LogP contribution in [0, 0.1) is 0 Å². The van der Waals surface area contributed by atoms with Gasteiger partial charge in [-0.1, -0.05) is 48.5 Å². The van der Waals surface area contributed by atoms with Crippen LogP contribution in [0.1, 0.15) is 27.6 Å². The van der Waals surface area contributed by atoms with E-state index in [-0.39, 0.29) is 5.91 Å². The number of carbonyl (C=O) groups is 1. The van der Waals surface area contributed by atoms with E-state index >= 15 is 0 Å². The summed E-state index contributed by atoms with van der Waals surface area (Å²) in [5, 5.41) is 13.4. The molecule has 4 heteroatoms. The first-order valence-corrected chi connectivity index (χ1v) is 7.29. The van der Waals surface area contributed by atoms with Crippen molar-refractivity contribution in [2.45, 2.75) is 6.10 Å². The lowest BCUT2D eigenvalue weighted by Gasteiger charge is -2.15. The summed E-state index contributed by atoms with van der Waals surface area (Å²) < 4.78 is 0. The van der Waals surface area contributed by atoms with E-state index in [1.165, 1.54) is 6.20 Å². The minimum Gasteiger partial charge on any atom is -0.384 e. The molecule has 0 bridgehead atoms. The Balaban J connectivity index is 1.90. The first kappa shape index (κ1) is 14.9. The number of benzene rings is 2. The van der Waals surface area contributed by atoms with Crippen molar-refractivity contribution in [2.24, 2.45) is 0 Å². The predicted molar refractivity (Wildman–Crippen MR) is 89.1 cm³/mol. The zero-order chi connectivity index (χ0) is 16.1. The van der Waals surface area contributed by atoms with E-state index in [4.69, 9.17) is 0 Å². The Hall–Kier alpha value is -2.98. The average molecular weight is 304 g/mol. The first-order chi connectivity index (χ1) is 11.3. The molecule has 1 amide bonds. The van der Waals surface area contributed by atoms with Crippen LogP contribution in [0.15, 0.2) is 79.1 Å². The monoisotopic (exact) mass is 304 g/mol. The summed E-state index contributed by atoms with van der Waals surface area (Å²) in [7, 11) is 0. The van der Waals surface area contributed by atoms with Gasteiger partial charge in [0.2, 0.25) is 0 Å². The largest absolute Gasteiger partial charge is 0.384 e. The molecule has 0 saturated heterocycles. The van der Waals surface area contributed by atoms with Crippen LogP contribution in [0.25, 0.3) is 0 Å². The van der Waals surface area contributed by atoms with Crippen LogP contribution >= 0.6 is 0 Å². The van der Waals surface area contributed by atoms with Crippen LogP contribution in [-0.4, -0.2) is 16.0 Å². The number of rotatable bonds is 4. The van der Waals surface area contributed by atoms with Gasteiger partial charge >= 0.3 is 0 Å². The van der Waals surface area contributed by atoms with Gasteiger partial charge in [-0.05, 0) is 23.8 Å².